The summed E-state index contributed by atoms with van der Waals surface area (Å²) in [6, 6.07) is 0. The number of hydrogen-bond donors (Lipinski definition) is 0. The molecule has 6 aliphatic rings. The number of carbonyl (C=O) groups is 2. The first-order valence-electron chi connectivity index (χ1n) is 7.77. The molecule has 7 heteroatoms. The maximum atomic E-state index is 12.3. The lowest BCUT2D eigenvalue weighted by Gasteiger charge is -2.49. The Bertz CT molecular complexity index is 607. The third kappa shape index (κ3) is 1.09. The second kappa shape index (κ2) is 3.53. The Kier molecular flexibility index (Phi) is 2.20. The number of hydrogen-bond acceptors (Lipinski definition) is 3. The number of ether oxygens (including phenoxy) is 1. The van der Waals surface area contributed by atoms with Crippen LogP contribution in [0.5, 0.6) is 0 Å². The number of Topliss-reactive ketones (excluding diaryl/α,β-unsaturated/α-hetero) is 2. The lowest BCUT2D eigenvalue weighted by molar-refractivity contribution is -0.150. The fraction of sp³-hybridized carbons (Fsp3) is 0.867. The van der Waals surface area contributed by atoms with Crippen molar-refractivity contribution in [2.75, 3.05) is 0 Å². The van der Waals surface area contributed by atoms with Gasteiger partial charge in [0, 0.05) is 11.8 Å². The summed E-state index contributed by atoms with van der Waals surface area (Å²) in [5.74, 6) is 0.579. The number of halogens is 4. The highest BCUT2D eigenvalue weighted by Crippen LogP contribution is 2.77. The Labute approximate surface area is 146 Å². The monoisotopic (exact) mass is 380 g/mol. The molecule has 1 saturated heterocycles. The molecule has 118 valence electrons. The highest BCUT2D eigenvalue weighted by atomic mass is 35.5. The zero-order valence-corrected chi connectivity index (χ0v) is 14.2. The number of rotatable bonds is 0. The van der Waals surface area contributed by atoms with Crippen molar-refractivity contribution in [3.05, 3.63) is 0 Å². The molecule has 0 spiro atoms. The van der Waals surface area contributed by atoms with E-state index in [0.717, 1.165) is 6.42 Å². The first kappa shape index (κ1) is 13.7. The Morgan fingerprint density at radius 2 is 1.23 bits per heavy atom. The van der Waals surface area contributed by atoms with E-state index < -0.39 is 8.67 Å². The van der Waals surface area contributed by atoms with Gasteiger partial charge in [-0.05, 0) is 30.1 Å². The Balaban J connectivity index is 1.44. The summed E-state index contributed by atoms with van der Waals surface area (Å²) in [7, 11) is 0. The van der Waals surface area contributed by atoms with Crippen LogP contribution < -0.4 is 0 Å². The summed E-state index contributed by atoms with van der Waals surface area (Å²) in [6.07, 6.45) is 0.696. The zero-order valence-electron chi connectivity index (χ0n) is 11.2. The molecule has 0 radical (unpaired) electrons. The van der Waals surface area contributed by atoms with Crippen molar-refractivity contribution >= 4 is 58.0 Å². The molecular weight excluding hydrogens is 370 g/mol. The van der Waals surface area contributed by atoms with Gasteiger partial charge in [-0.2, -0.15) is 0 Å². The molecular formula is C15H12Cl4O3. The maximum Gasteiger partial charge on any atom is 0.180 e. The molecule has 3 nitrogen and oxygen atoms in total. The molecule has 6 rings (SSSR count). The highest BCUT2D eigenvalue weighted by molar-refractivity contribution is 6.61. The van der Waals surface area contributed by atoms with Crippen molar-refractivity contribution in [1.82, 2.24) is 0 Å². The molecule has 0 aromatic carbocycles. The van der Waals surface area contributed by atoms with Crippen molar-refractivity contribution in [2.45, 2.75) is 27.3 Å². The second-order valence-corrected chi connectivity index (χ2v) is 10.6. The molecule has 0 unspecified atom stereocenters. The van der Waals surface area contributed by atoms with Gasteiger partial charge in [0.25, 0.3) is 0 Å². The van der Waals surface area contributed by atoms with Crippen molar-refractivity contribution < 1.29 is 14.3 Å². The van der Waals surface area contributed by atoms with Crippen molar-refractivity contribution in [3.63, 3.8) is 0 Å². The van der Waals surface area contributed by atoms with E-state index in [9.17, 15) is 9.59 Å². The minimum absolute atomic E-state index is 0.0147. The third-order valence-electron chi connectivity index (χ3n) is 7.55. The van der Waals surface area contributed by atoms with Crippen molar-refractivity contribution in [3.8, 4) is 0 Å². The van der Waals surface area contributed by atoms with Gasteiger partial charge in [-0.3, -0.25) is 9.59 Å². The molecule has 5 aliphatic carbocycles. The molecule has 5 saturated carbocycles. The third-order valence-corrected chi connectivity index (χ3v) is 9.31. The van der Waals surface area contributed by atoms with E-state index in [-0.39, 0.29) is 59.3 Å². The van der Waals surface area contributed by atoms with Crippen molar-refractivity contribution in [2.24, 2.45) is 47.3 Å². The van der Waals surface area contributed by atoms with E-state index >= 15 is 0 Å². The molecule has 1 heterocycles. The summed E-state index contributed by atoms with van der Waals surface area (Å²) in [6.45, 7) is 0. The van der Waals surface area contributed by atoms with E-state index in [2.05, 4.69) is 0 Å². The number of alkyl halides is 4. The molecule has 0 bridgehead atoms. The fourth-order valence-electron chi connectivity index (χ4n) is 7.04. The molecule has 0 aromatic heterocycles. The predicted molar refractivity (Wildman–Crippen MR) is 80.1 cm³/mol. The van der Waals surface area contributed by atoms with E-state index in [1.54, 1.807) is 0 Å². The normalized spacial score (nSPS) is 64.0. The van der Waals surface area contributed by atoms with Crippen LogP contribution >= 0.6 is 46.4 Å². The lowest BCUT2D eigenvalue weighted by atomic mass is 9.65. The minimum atomic E-state index is -1.26. The summed E-state index contributed by atoms with van der Waals surface area (Å²) in [5.41, 5.74) is 0. The van der Waals surface area contributed by atoms with E-state index in [1.165, 1.54) is 0 Å². The molecule has 0 N–H and O–H groups in total. The van der Waals surface area contributed by atoms with Gasteiger partial charge in [0.15, 0.2) is 20.2 Å². The van der Waals surface area contributed by atoms with Crippen LogP contribution in [0.3, 0.4) is 0 Å². The van der Waals surface area contributed by atoms with Gasteiger partial charge in [0.05, 0.1) is 24.0 Å². The molecule has 0 aromatic rings. The molecule has 6 fully saturated rings. The topological polar surface area (TPSA) is 43.4 Å². The van der Waals surface area contributed by atoms with Gasteiger partial charge in [-0.25, -0.2) is 0 Å². The quantitative estimate of drug-likeness (QED) is 0.606. The van der Waals surface area contributed by atoms with Gasteiger partial charge < -0.3 is 4.74 Å². The smallest absolute Gasteiger partial charge is 0.180 e. The highest BCUT2D eigenvalue weighted by Gasteiger charge is 2.84. The molecule has 0 amide bonds. The number of ketones is 2. The van der Waals surface area contributed by atoms with Gasteiger partial charge in [-0.15, -0.1) is 0 Å². The van der Waals surface area contributed by atoms with Crippen LogP contribution in [0.1, 0.15) is 6.42 Å². The molecule has 10 atom stereocenters. The van der Waals surface area contributed by atoms with Crippen LogP contribution in [0.15, 0.2) is 0 Å². The van der Waals surface area contributed by atoms with Crippen molar-refractivity contribution in [1.29, 1.82) is 0 Å². The Morgan fingerprint density at radius 1 is 0.818 bits per heavy atom. The standard InChI is InChI=1S/C15H12Cl4O3/c16-14(17)8-2-1-3-5-4(2)10(6(8)12(14)20)22-11(5)7-9(3)15(18,19)13(7)21/h2-11H,1H2/t2-,3+,4+,5-,6-,7+,8-,9+,10-,11+. The second-order valence-electron chi connectivity index (χ2n) is 7.86. The minimum Gasteiger partial charge on any atom is -0.373 e. The van der Waals surface area contributed by atoms with E-state index in [0.29, 0.717) is 11.8 Å². The Hall–Kier alpha value is 0.460. The average Bonchev–Trinajstić information content (AvgIpc) is 3.12. The zero-order chi connectivity index (χ0) is 15.3. The SMILES string of the molecule is O=C1[C@H]2[C@@H]3O[C@@H]4[C@H]5C(=O)C(Cl)(Cl)[C@H]5[C@H]5C[C@H]([C@H]3[C@@H]54)[C@H]2C1(Cl)Cl. The van der Waals surface area contributed by atoms with E-state index in [4.69, 9.17) is 51.1 Å². The average molecular weight is 382 g/mol. The van der Waals surface area contributed by atoms with Gasteiger partial charge in [0.1, 0.15) is 0 Å². The fourth-order valence-corrected chi connectivity index (χ4v) is 8.74. The number of fused-ring (bicyclic) bond motifs is 6. The summed E-state index contributed by atoms with van der Waals surface area (Å²) >= 11 is 25.1. The predicted octanol–water partition coefficient (Wildman–Crippen LogP) is 2.63. The Morgan fingerprint density at radius 3 is 1.64 bits per heavy atom. The summed E-state index contributed by atoms with van der Waals surface area (Å²) in [4.78, 5) is 24.5. The van der Waals surface area contributed by atoms with E-state index in [1.807, 2.05) is 0 Å². The van der Waals surface area contributed by atoms with Crippen LogP contribution in [-0.4, -0.2) is 32.4 Å². The molecule has 22 heavy (non-hydrogen) atoms. The first-order chi connectivity index (χ1) is 10.3. The van der Waals surface area contributed by atoms with Gasteiger partial charge in [0.2, 0.25) is 0 Å². The molecule has 1 aliphatic heterocycles. The van der Waals surface area contributed by atoms with Crippen LogP contribution in [0.2, 0.25) is 0 Å². The lowest BCUT2D eigenvalue weighted by Crippen LogP contribution is -2.61. The maximum absolute atomic E-state index is 12.3. The summed E-state index contributed by atoms with van der Waals surface area (Å²) in [5, 5.41) is 0. The van der Waals surface area contributed by atoms with Crippen LogP contribution in [0.4, 0.5) is 0 Å². The van der Waals surface area contributed by atoms with Gasteiger partial charge in [-0.1, -0.05) is 46.4 Å². The summed E-state index contributed by atoms with van der Waals surface area (Å²) < 4.78 is 3.71. The van der Waals surface area contributed by atoms with Crippen LogP contribution in [0, 0.1) is 47.3 Å². The van der Waals surface area contributed by atoms with Crippen LogP contribution in [0.25, 0.3) is 0 Å². The largest absolute Gasteiger partial charge is 0.373 e. The van der Waals surface area contributed by atoms with Gasteiger partial charge >= 0.3 is 0 Å². The number of carbonyl (C=O) groups excluding carboxylic acids is 2. The first-order valence-corrected chi connectivity index (χ1v) is 9.29. The van der Waals surface area contributed by atoms with Crippen LogP contribution in [-0.2, 0) is 14.3 Å².